The van der Waals surface area contributed by atoms with E-state index < -0.39 is 16.1 Å². The first-order chi connectivity index (χ1) is 11.9. The number of hydrogen-bond donors (Lipinski definition) is 2. The first-order valence-corrected chi connectivity index (χ1v) is 10.7. The Morgan fingerprint density at radius 1 is 1.08 bits per heavy atom. The van der Waals surface area contributed by atoms with Gasteiger partial charge in [0, 0.05) is 5.69 Å². The lowest BCUT2D eigenvalue weighted by Crippen LogP contribution is -2.44. The number of nitrogens with one attached hydrogen (secondary N) is 2. The van der Waals surface area contributed by atoms with Gasteiger partial charge in [0.25, 0.3) is 0 Å². The zero-order chi connectivity index (χ0) is 18.3. The van der Waals surface area contributed by atoms with Crippen molar-refractivity contribution in [1.82, 2.24) is 4.72 Å². The third-order valence-corrected chi connectivity index (χ3v) is 5.81. The summed E-state index contributed by atoms with van der Waals surface area (Å²) in [5, 5.41) is 2.82. The number of carbonyl (C=O) groups excluding carboxylic acids is 1. The van der Waals surface area contributed by atoms with E-state index in [2.05, 4.69) is 10.0 Å². The van der Waals surface area contributed by atoms with Gasteiger partial charge >= 0.3 is 0 Å². The summed E-state index contributed by atoms with van der Waals surface area (Å²) in [6, 6.07) is 14.6. The third kappa shape index (κ3) is 5.59. The highest BCUT2D eigenvalue weighted by Crippen LogP contribution is 2.16. The Morgan fingerprint density at radius 2 is 1.72 bits per heavy atom. The van der Waals surface area contributed by atoms with Crippen molar-refractivity contribution < 1.29 is 13.2 Å². The zero-order valence-electron chi connectivity index (χ0n) is 14.2. The van der Waals surface area contributed by atoms with Gasteiger partial charge in [0.05, 0.1) is 4.90 Å². The maximum Gasteiger partial charge on any atom is 0.242 e. The highest BCUT2D eigenvalue weighted by molar-refractivity contribution is 7.98. The van der Waals surface area contributed by atoms with Gasteiger partial charge in [0.1, 0.15) is 6.04 Å². The Labute approximate surface area is 153 Å². The molecule has 0 fully saturated rings. The molecule has 0 aliphatic carbocycles. The first-order valence-electron chi connectivity index (χ1n) is 7.87. The van der Waals surface area contributed by atoms with Crippen molar-refractivity contribution >= 4 is 33.4 Å². The number of hydrogen-bond acceptors (Lipinski definition) is 4. The molecule has 2 N–H and O–H groups in total. The van der Waals surface area contributed by atoms with Crippen LogP contribution in [-0.4, -0.2) is 32.4 Å². The normalized spacial score (nSPS) is 12.6. The number of sulfonamides is 1. The molecule has 1 atom stereocenters. The molecule has 5 nitrogen and oxygen atoms in total. The van der Waals surface area contributed by atoms with Crippen molar-refractivity contribution in [3.05, 3.63) is 60.2 Å². The van der Waals surface area contributed by atoms with E-state index in [1.165, 1.54) is 12.1 Å². The van der Waals surface area contributed by atoms with E-state index in [4.69, 9.17) is 0 Å². The summed E-state index contributed by atoms with van der Waals surface area (Å²) in [5.41, 5.74) is 1.60. The molecule has 0 aliphatic rings. The van der Waals surface area contributed by atoms with E-state index >= 15 is 0 Å². The fraction of sp³-hybridized carbons (Fsp3) is 0.278. The molecule has 0 bridgehead atoms. The van der Waals surface area contributed by atoms with Crippen molar-refractivity contribution in [3.63, 3.8) is 0 Å². The molecule has 0 spiro atoms. The lowest BCUT2D eigenvalue weighted by atomic mass is 10.1. The van der Waals surface area contributed by atoms with Crippen molar-refractivity contribution in [2.75, 3.05) is 17.3 Å². The van der Waals surface area contributed by atoms with E-state index in [1.54, 1.807) is 36.0 Å². The number of amides is 1. The van der Waals surface area contributed by atoms with Gasteiger partial charge in [0.2, 0.25) is 15.9 Å². The third-order valence-electron chi connectivity index (χ3n) is 3.68. The number of benzene rings is 2. The Hall–Kier alpha value is -1.83. The molecule has 1 amide bonds. The second-order valence-corrected chi connectivity index (χ2v) is 8.27. The highest BCUT2D eigenvalue weighted by Gasteiger charge is 2.25. The van der Waals surface area contributed by atoms with Gasteiger partial charge in [-0.1, -0.05) is 36.4 Å². The van der Waals surface area contributed by atoms with Gasteiger partial charge in [0.15, 0.2) is 0 Å². The van der Waals surface area contributed by atoms with Crippen LogP contribution < -0.4 is 10.0 Å². The van der Waals surface area contributed by atoms with Gasteiger partial charge in [-0.2, -0.15) is 16.5 Å². The number of anilines is 1. The van der Waals surface area contributed by atoms with Crippen LogP contribution in [0.2, 0.25) is 0 Å². The summed E-state index contributed by atoms with van der Waals surface area (Å²) in [5.74, 6) is 0.311. The molecule has 2 aromatic rings. The lowest BCUT2D eigenvalue weighted by molar-refractivity contribution is -0.117. The van der Waals surface area contributed by atoms with Crippen molar-refractivity contribution in [2.24, 2.45) is 0 Å². The van der Waals surface area contributed by atoms with Crippen LogP contribution in [0, 0.1) is 6.92 Å². The number of rotatable bonds is 8. The molecule has 0 unspecified atom stereocenters. The lowest BCUT2D eigenvalue weighted by Gasteiger charge is -2.19. The van der Waals surface area contributed by atoms with E-state index in [9.17, 15) is 13.2 Å². The largest absolute Gasteiger partial charge is 0.324 e. The summed E-state index contributed by atoms with van der Waals surface area (Å²) in [4.78, 5) is 12.8. The van der Waals surface area contributed by atoms with Crippen molar-refractivity contribution in [1.29, 1.82) is 0 Å². The second-order valence-electron chi connectivity index (χ2n) is 5.57. The van der Waals surface area contributed by atoms with Crippen LogP contribution in [0.25, 0.3) is 0 Å². The topological polar surface area (TPSA) is 75.3 Å². The Kier molecular flexibility index (Phi) is 7.04. The molecule has 0 saturated carbocycles. The minimum absolute atomic E-state index is 0.146. The summed E-state index contributed by atoms with van der Waals surface area (Å²) in [6.45, 7) is 1.89. The maximum atomic E-state index is 12.6. The SMILES string of the molecule is CSCC[C@@H](NS(=O)(=O)c1ccccc1)C(=O)Nc1ccccc1C. The molecule has 0 aliphatic heterocycles. The predicted molar refractivity (Wildman–Crippen MR) is 103 cm³/mol. The Balaban J connectivity index is 2.18. The quantitative estimate of drug-likeness (QED) is 0.740. The van der Waals surface area contributed by atoms with Gasteiger partial charge in [-0.25, -0.2) is 8.42 Å². The standard InChI is InChI=1S/C18H22N2O3S2/c1-14-8-6-7-11-16(14)19-18(21)17(12-13-24-2)20-25(22,23)15-9-4-3-5-10-15/h3-11,17,20H,12-13H2,1-2H3,(H,19,21)/t17-/m1/s1. The van der Waals surface area contributed by atoms with E-state index in [1.807, 2.05) is 31.4 Å². The minimum Gasteiger partial charge on any atom is -0.324 e. The molecular formula is C18H22N2O3S2. The van der Waals surface area contributed by atoms with Crippen molar-refractivity contribution in [2.45, 2.75) is 24.3 Å². The fourth-order valence-electron chi connectivity index (χ4n) is 2.27. The highest BCUT2D eigenvalue weighted by atomic mass is 32.2. The fourth-order valence-corrected chi connectivity index (χ4v) is 3.99. The second kappa shape index (κ2) is 9.03. The number of carbonyl (C=O) groups is 1. The van der Waals surface area contributed by atoms with Crippen LogP contribution >= 0.6 is 11.8 Å². The number of thioether (sulfide) groups is 1. The zero-order valence-corrected chi connectivity index (χ0v) is 15.9. The average Bonchev–Trinajstić information content (AvgIpc) is 2.61. The number of para-hydroxylation sites is 1. The molecule has 2 rings (SSSR count). The molecule has 0 heterocycles. The van der Waals surface area contributed by atoms with E-state index in [-0.39, 0.29) is 10.8 Å². The summed E-state index contributed by atoms with van der Waals surface area (Å²) >= 11 is 1.56. The molecule has 134 valence electrons. The number of aryl methyl sites for hydroxylation is 1. The summed E-state index contributed by atoms with van der Waals surface area (Å²) in [7, 11) is -3.76. The average molecular weight is 379 g/mol. The molecule has 0 saturated heterocycles. The first kappa shape index (κ1) is 19.5. The molecule has 0 aromatic heterocycles. The minimum atomic E-state index is -3.76. The molecule has 25 heavy (non-hydrogen) atoms. The van der Waals surface area contributed by atoms with Crippen LogP contribution in [0.3, 0.4) is 0 Å². The van der Waals surface area contributed by atoms with E-state index in [0.29, 0.717) is 17.9 Å². The Morgan fingerprint density at radius 3 is 2.36 bits per heavy atom. The maximum absolute atomic E-state index is 12.6. The summed E-state index contributed by atoms with van der Waals surface area (Å²) < 4.78 is 27.6. The monoisotopic (exact) mass is 378 g/mol. The van der Waals surface area contributed by atoms with Crippen LogP contribution in [0.1, 0.15) is 12.0 Å². The molecular weight excluding hydrogens is 356 g/mol. The van der Waals surface area contributed by atoms with Gasteiger partial charge in [-0.15, -0.1) is 0 Å². The van der Waals surface area contributed by atoms with Crippen LogP contribution in [0.5, 0.6) is 0 Å². The molecule has 2 aromatic carbocycles. The molecule has 7 heteroatoms. The van der Waals surface area contributed by atoms with E-state index in [0.717, 1.165) is 5.56 Å². The van der Waals surface area contributed by atoms with Crippen LogP contribution in [0.4, 0.5) is 5.69 Å². The predicted octanol–water partition coefficient (Wildman–Crippen LogP) is 3.03. The molecule has 0 radical (unpaired) electrons. The van der Waals surface area contributed by atoms with Gasteiger partial charge in [-0.3, -0.25) is 4.79 Å². The smallest absolute Gasteiger partial charge is 0.242 e. The van der Waals surface area contributed by atoms with Gasteiger partial charge < -0.3 is 5.32 Å². The van der Waals surface area contributed by atoms with Gasteiger partial charge in [-0.05, 0) is 49.1 Å². The van der Waals surface area contributed by atoms with Crippen LogP contribution in [0.15, 0.2) is 59.5 Å². The Bertz CT molecular complexity index is 808. The van der Waals surface area contributed by atoms with Crippen LogP contribution in [-0.2, 0) is 14.8 Å². The summed E-state index contributed by atoms with van der Waals surface area (Å²) in [6.07, 6.45) is 2.33. The van der Waals surface area contributed by atoms with Crippen molar-refractivity contribution in [3.8, 4) is 0 Å².